The summed E-state index contributed by atoms with van der Waals surface area (Å²) in [7, 11) is 0. The largest absolute Gasteiger partial charge is 0.378 e. The molecule has 3 heteroatoms. The van der Waals surface area contributed by atoms with E-state index in [2.05, 4.69) is 12.2 Å². The van der Waals surface area contributed by atoms with Crippen molar-refractivity contribution in [3.05, 3.63) is 0 Å². The first-order valence-corrected chi connectivity index (χ1v) is 5.88. The quantitative estimate of drug-likeness (QED) is 0.635. The van der Waals surface area contributed by atoms with Gasteiger partial charge in [-0.15, -0.1) is 0 Å². The molecule has 1 fully saturated rings. The van der Waals surface area contributed by atoms with E-state index in [4.69, 9.17) is 10.5 Å². The molecule has 84 valence electrons. The summed E-state index contributed by atoms with van der Waals surface area (Å²) in [6.07, 6.45) is 6.78. The Bertz CT molecular complexity index is 135. The van der Waals surface area contributed by atoms with Crippen molar-refractivity contribution in [3.63, 3.8) is 0 Å². The van der Waals surface area contributed by atoms with Crippen LogP contribution in [0.1, 0.15) is 39.0 Å². The third kappa shape index (κ3) is 4.94. The van der Waals surface area contributed by atoms with Gasteiger partial charge in [0.05, 0.1) is 6.10 Å². The van der Waals surface area contributed by atoms with Gasteiger partial charge < -0.3 is 15.8 Å². The molecule has 1 rings (SSSR count). The number of ether oxygens (including phenoxy) is 1. The van der Waals surface area contributed by atoms with Gasteiger partial charge in [0.2, 0.25) is 0 Å². The van der Waals surface area contributed by atoms with Gasteiger partial charge in [0, 0.05) is 19.2 Å². The Morgan fingerprint density at radius 2 is 2.36 bits per heavy atom. The van der Waals surface area contributed by atoms with Gasteiger partial charge in [-0.3, -0.25) is 0 Å². The lowest BCUT2D eigenvalue weighted by Gasteiger charge is -2.22. The molecule has 0 aromatic rings. The Labute approximate surface area is 87.4 Å². The summed E-state index contributed by atoms with van der Waals surface area (Å²) in [5.74, 6) is 0. The van der Waals surface area contributed by atoms with Crippen LogP contribution in [0.3, 0.4) is 0 Å². The van der Waals surface area contributed by atoms with Crippen LogP contribution in [0.15, 0.2) is 0 Å². The average molecular weight is 200 g/mol. The van der Waals surface area contributed by atoms with Gasteiger partial charge in [-0.2, -0.15) is 0 Å². The van der Waals surface area contributed by atoms with Gasteiger partial charge in [-0.05, 0) is 45.6 Å². The molecule has 3 nitrogen and oxygen atoms in total. The predicted molar refractivity (Wildman–Crippen MR) is 59.3 cm³/mol. The van der Waals surface area contributed by atoms with Crippen molar-refractivity contribution in [1.29, 1.82) is 0 Å². The fraction of sp³-hybridized carbons (Fsp3) is 1.00. The van der Waals surface area contributed by atoms with E-state index < -0.39 is 0 Å². The topological polar surface area (TPSA) is 47.3 Å². The molecule has 0 spiro atoms. The van der Waals surface area contributed by atoms with Gasteiger partial charge in [0.25, 0.3) is 0 Å². The van der Waals surface area contributed by atoms with Crippen LogP contribution in [-0.2, 0) is 4.74 Å². The molecule has 1 aliphatic rings. The molecular weight excluding hydrogens is 176 g/mol. The molecule has 3 N–H and O–H groups in total. The molecule has 0 bridgehead atoms. The van der Waals surface area contributed by atoms with Gasteiger partial charge in [-0.25, -0.2) is 0 Å². The van der Waals surface area contributed by atoms with Crippen molar-refractivity contribution >= 4 is 0 Å². The maximum Gasteiger partial charge on any atom is 0.0575 e. The summed E-state index contributed by atoms with van der Waals surface area (Å²) in [6, 6.07) is 0.447. The summed E-state index contributed by atoms with van der Waals surface area (Å²) in [5.41, 5.74) is 5.51. The van der Waals surface area contributed by atoms with E-state index in [1.54, 1.807) is 0 Å². The molecule has 2 atom stereocenters. The zero-order valence-corrected chi connectivity index (χ0v) is 9.30. The third-order valence-corrected chi connectivity index (χ3v) is 2.82. The molecule has 0 aromatic carbocycles. The van der Waals surface area contributed by atoms with Crippen molar-refractivity contribution in [2.24, 2.45) is 5.73 Å². The zero-order chi connectivity index (χ0) is 10.2. The van der Waals surface area contributed by atoms with Crippen molar-refractivity contribution in [2.45, 2.75) is 51.2 Å². The molecule has 1 aliphatic heterocycles. The van der Waals surface area contributed by atoms with Crippen LogP contribution in [0.4, 0.5) is 0 Å². The molecule has 0 radical (unpaired) electrons. The predicted octanol–water partition coefficient (Wildman–Crippen LogP) is 1.27. The monoisotopic (exact) mass is 200 g/mol. The zero-order valence-electron chi connectivity index (χ0n) is 9.30. The van der Waals surface area contributed by atoms with Crippen LogP contribution >= 0.6 is 0 Å². The summed E-state index contributed by atoms with van der Waals surface area (Å²) in [6.45, 7) is 4.88. The summed E-state index contributed by atoms with van der Waals surface area (Å²) >= 11 is 0. The minimum Gasteiger partial charge on any atom is -0.378 e. The Kier molecular flexibility index (Phi) is 6.15. The Morgan fingerprint density at radius 1 is 1.50 bits per heavy atom. The second-order valence-corrected chi connectivity index (χ2v) is 4.22. The molecule has 0 aromatic heterocycles. The molecule has 0 saturated carbocycles. The molecule has 1 saturated heterocycles. The van der Waals surface area contributed by atoms with Crippen molar-refractivity contribution < 1.29 is 4.74 Å². The number of hydrogen-bond acceptors (Lipinski definition) is 3. The second kappa shape index (κ2) is 7.21. The number of nitrogens with one attached hydrogen (secondary N) is 1. The SMILES string of the molecule is C[C@H](CN)NCCCC1CCCCO1. The van der Waals surface area contributed by atoms with Gasteiger partial charge in [0.1, 0.15) is 0 Å². The van der Waals surface area contributed by atoms with Gasteiger partial charge in [0.15, 0.2) is 0 Å². The first-order valence-electron chi connectivity index (χ1n) is 5.88. The van der Waals surface area contributed by atoms with Crippen molar-refractivity contribution in [1.82, 2.24) is 5.32 Å². The Balaban J connectivity index is 1.92. The maximum atomic E-state index is 5.66. The lowest BCUT2D eigenvalue weighted by atomic mass is 10.0. The fourth-order valence-electron chi connectivity index (χ4n) is 1.80. The molecule has 0 amide bonds. The average Bonchev–Trinajstić information content (AvgIpc) is 2.25. The minimum absolute atomic E-state index is 0.447. The maximum absolute atomic E-state index is 5.66. The minimum atomic E-state index is 0.447. The van der Waals surface area contributed by atoms with Crippen molar-refractivity contribution in [3.8, 4) is 0 Å². The second-order valence-electron chi connectivity index (χ2n) is 4.22. The molecule has 1 unspecified atom stereocenters. The first-order chi connectivity index (χ1) is 6.83. The van der Waals surface area contributed by atoms with E-state index in [1.807, 2.05) is 0 Å². The summed E-state index contributed by atoms with van der Waals surface area (Å²) < 4.78 is 5.66. The number of nitrogens with two attached hydrogens (primary N) is 1. The van der Waals surface area contributed by atoms with E-state index in [0.717, 1.165) is 19.7 Å². The van der Waals surface area contributed by atoms with Crippen LogP contribution in [0.5, 0.6) is 0 Å². The van der Waals surface area contributed by atoms with Gasteiger partial charge in [-0.1, -0.05) is 0 Å². The van der Waals surface area contributed by atoms with Crippen LogP contribution in [0.2, 0.25) is 0 Å². The highest BCUT2D eigenvalue weighted by Crippen LogP contribution is 2.16. The smallest absolute Gasteiger partial charge is 0.0575 e. The van der Waals surface area contributed by atoms with Crippen LogP contribution in [-0.4, -0.2) is 31.8 Å². The first kappa shape index (κ1) is 12.0. The van der Waals surface area contributed by atoms with E-state index in [1.165, 1.54) is 32.1 Å². The molecule has 14 heavy (non-hydrogen) atoms. The highest BCUT2D eigenvalue weighted by atomic mass is 16.5. The van der Waals surface area contributed by atoms with E-state index in [9.17, 15) is 0 Å². The number of rotatable bonds is 6. The van der Waals surface area contributed by atoms with E-state index in [-0.39, 0.29) is 0 Å². The Hall–Kier alpha value is -0.120. The summed E-state index contributed by atoms with van der Waals surface area (Å²) in [5, 5.41) is 3.39. The molecular formula is C11H24N2O. The van der Waals surface area contributed by atoms with E-state index >= 15 is 0 Å². The number of hydrogen-bond donors (Lipinski definition) is 2. The lowest BCUT2D eigenvalue weighted by molar-refractivity contribution is 0.0101. The fourth-order valence-corrected chi connectivity index (χ4v) is 1.80. The highest BCUT2D eigenvalue weighted by Gasteiger charge is 2.12. The molecule has 0 aliphatic carbocycles. The molecule has 1 heterocycles. The van der Waals surface area contributed by atoms with Crippen LogP contribution < -0.4 is 11.1 Å². The normalized spacial score (nSPS) is 24.9. The van der Waals surface area contributed by atoms with Crippen molar-refractivity contribution in [2.75, 3.05) is 19.7 Å². The van der Waals surface area contributed by atoms with Gasteiger partial charge >= 0.3 is 0 Å². The Morgan fingerprint density at radius 3 is 3.00 bits per heavy atom. The van der Waals surface area contributed by atoms with E-state index in [0.29, 0.717) is 12.1 Å². The van der Waals surface area contributed by atoms with Crippen LogP contribution in [0.25, 0.3) is 0 Å². The third-order valence-electron chi connectivity index (χ3n) is 2.82. The van der Waals surface area contributed by atoms with Crippen LogP contribution in [0, 0.1) is 0 Å². The lowest BCUT2D eigenvalue weighted by Crippen LogP contribution is -2.34. The highest BCUT2D eigenvalue weighted by molar-refractivity contribution is 4.66. The summed E-state index contributed by atoms with van der Waals surface area (Å²) in [4.78, 5) is 0. The standard InChI is InChI=1S/C11H24N2O/c1-10(9-12)13-7-4-6-11-5-2-3-8-14-11/h10-11,13H,2-9,12H2,1H3/t10-,11?/m1/s1.